The van der Waals surface area contributed by atoms with Crippen LogP contribution in [0.2, 0.25) is 0 Å². The molecule has 2 aromatic heterocycles. The molecule has 0 atom stereocenters. The highest BCUT2D eigenvalue weighted by molar-refractivity contribution is 6.24. The first-order chi connectivity index (χ1) is 29.2. The molecule has 0 amide bonds. The average molecular weight is 767 g/mol. The molecule has 2 heterocycles. The van der Waals surface area contributed by atoms with Crippen LogP contribution in [0.5, 0.6) is 57.6 Å². The molecule has 0 aliphatic carbocycles. The standard InChI is InChI=1S/C52H34N2O5/c1-7-19-35(20-8-1)49-47(57-38-25-13-4-14-26-38)33-43-41-31-45(55-36-21-9-2-10-22-36)46(56-37-23-11-3-12-24-37)32-42(41)44-34-48(58-39-27-15-5-16-28-39)52(54-51(44)50(43)53-49)59-40-29-17-6-18-30-40/h1-34H. The van der Waals surface area contributed by atoms with Gasteiger partial charge in [0.25, 0.3) is 5.88 Å². The molecule has 0 bridgehead atoms. The summed E-state index contributed by atoms with van der Waals surface area (Å²) >= 11 is 0. The van der Waals surface area contributed by atoms with E-state index in [1.165, 1.54) is 0 Å². The Morgan fingerprint density at radius 1 is 0.271 bits per heavy atom. The van der Waals surface area contributed by atoms with E-state index in [1.807, 2.05) is 206 Å². The van der Waals surface area contributed by atoms with Crippen molar-refractivity contribution >= 4 is 32.6 Å². The van der Waals surface area contributed by atoms with Crippen molar-refractivity contribution < 1.29 is 23.7 Å². The van der Waals surface area contributed by atoms with Gasteiger partial charge >= 0.3 is 0 Å². The predicted molar refractivity (Wildman–Crippen MR) is 233 cm³/mol. The second-order valence-electron chi connectivity index (χ2n) is 13.7. The first-order valence-electron chi connectivity index (χ1n) is 19.2. The molecule has 0 fully saturated rings. The minimum atomic E-state index is 0.283. The summed E-state index contributed by atoms with van der Waals surface area (Å²) in [5.74, 6) is 5.57. The summed E-state index contributed by atoms with van der Waals surface area (Å²) in [4.78, 5) is 10.7. The van der Waals surface area contributed by atoms with Crippen LogP contribution in [0, 0.1) is 0 Å². The molecule has 0 unspecified atom stereocenters. The van der Waals surface area contributed by atoms with Crippen LogP contribution in [0.4, 0.5) is 0 Å². The average Bonchev–Trinajstić information content (AvgIpc) is 3.29. The molecule has 0 saturated carbocycles. The van der Waals surface area contributed by atoms with Crippen molar-refractivity contribution in [1.29, 1.82) is 0 Å². The van der Waals surface area contributed by atoms with Crippen molar-refractivity contribution in [2.45, 2.75) is 0 Å². The number of benzene rings is 8. The molecule has 0 N–H and O–H groups in total. The Labute approximate surface area is 340 Å². The second kappa shape index (κ2) is 15.8. The van der Waals surface area contributed by atoms with Gasteiger partial charge in [0.1, 0.15) is 40.0 Å². The fraction of sp³-hybridized carbons (Fsp3) is 0. The number of pyridine rings is 2. The summed E-state index contributed by atoms with van der Waals surface area (Å²) in [7, 11) is 0. The van der Waals surface area contributed by atoms with E-state index in [-0.39, 0.29) is 5.88 Å². The maximum atomic E-state index is 6.67. The van der Waals surface area contributed by atoms with Gasteiger partial charge in [-0.25, -0.2) is 9.97 Å². The quantitative estimate of drug-likeness (QED) is 0.121. The lowest BCUT2D eigenvalue weighted by Crippen LogP contribution is -1.99. The zero-order valence-corrected chi connectivity index (χ0v) is 31.6. The number of para-hydroxylation sites is 5. The minimum absolute atomic E-state index is 0.283. The summed E-state index contributed by atoms with van der Waals surface area (Å²) < 4.78 is 33.0. The van der Waals surface area contributed by atoms with Gasteiger partial charge in [-0.1, -0.05) is 121 Å². The van der Waals surface area contributed by atoms with Crippen LogP contribution >= 0.6 is 0 Å². The van der Waals surface area contributed by atoms with Gasteiger partial charge in [-0.15, -0.1) is 0 Å². The van der Waals surface area contributed by atoms with Gasteiger partial charge in [-0.3, -0.25) is 0 Å². The number of aromatic nitrogens is 2. The summed E-state index contributed by atoms with van der Waals surface area (Å²) in [6, 6.07) is 66.2. The van der Waals surface area contributed by atoms with E-state index in [0.717, 1.165) is 27.1 Å². The maximum absolute atomic E-state index is 6.67. The van der Waals surface area contributed by atoms with Gasteiger partial charge in [-0.2, -0.15) is 0 Å². The highest BCUT2D eigenvalue weighted by atomic mass is 16.5. The van der Waals surface area contributed by atoms with Crippen molar-refractivity contribution in [2.75, 3.05) is 0 Å². The lowest BCUT2D eigenvalue weighted by atomic mass is 9.97. The van der Waals surface area contributed by atoms with Crippen molar-refractivity contribution in [3.63, 3.8) is 0 Å². The number of hydrogen-bond acceptors (Lipinski definition) is 7. The third kappa shape index (κ3) is 7.44. The number of ether oxygens (including phenoxy) is 5. The molecule has 10 aromatic rings. The maximum Gasteiger partial charge on any atom is 0.263 e. The van der Waals surface area contributed by atoms with Crippen LogP contribution in [0.25, 0.3) is 43.8 Å². The molecule has 282 valence electrons. The summed E-state index contributed by atoms with van der Waals surface area (Å²) in [6.07, 6.45) is 0. The Bertz CT molecular complexity index is 2970. The molecule has 10 rings (SSSR count). The van der Waals surface area contributed by atoms with E-state index >= 15 is 0 Å². The molecule has 0 radical (unpaired) electrons. The Morgan fingerprint density at radius 3 is 1.03 bits per heavy atom. The largest absolute Gasteiger partial charge is 0.455 e. The van der Waals surface area contributed by atoms with Gasteiger partial charge in [0, 0.05) is 16.3 Å². The predicted octanol–water partition coefficient (Wildman–Crippen LogP) is 14.6. The Balaban J connectivity index is 1.30. The van der Waals surface area contributed by atoms with E-state index in [4.69, 9.17) is 33.7 Å². The number of hydrogen-bond donors (Lipinski definition) is 0. The van der Waals surface area contributed by atoms with Crippen LogP contribution in [0.15, 0.2) is 206 Å². The molecular formula is C52H34N2O5. The van der Waals surface area contributed by atoms with E-state index in [1.54, 1.807) is 0 Å². The smallest absolute Gasteiger partial charge is 0.263 e. The van der Waals surface area contributed by atoms with E-state index < -0.39 is 0 Å². The van der Waals surface area contributed by atoms with Gasteiger partial charge < -0.3 is 23.7 Å². The highest BCUT2D eigenvalue weighted by Crippen LogP contribution is 2.47. The third-order valence-electron chi connectivity index (χ3n) is 9.72. The fourth-order valence-electron chi connectivity index (χ4n) is 7.00. The molecule has 0 spiro atoms. The number of nitrogens with zero attached hydrogens (tertiary/aromatic N) is 2. The first-order valence-corrected chi connectivity index (χ1v) is 19.2. The van der Waals surface area contributed by atoms with Crippen LogP contribution in [0.1, 0.15) is 0 Å². The number of fused-ring (bicyclic) bond motifs is 6. The summed E-state index contributed by atoms with van der Waals surface area (Å²) in [5, 5.41) is 3.23. The fourth-order valence-corrected chi connectivity index (χ4v) is 7.00. The second-order valence-corrected chi connectivity index (χ2v) is 13.7. The summed E-state index contributed by atoms with van der Waals surface area (Å²) in [5.41, 5.74) is 2.78. The van der Waals surface area contributed by atoms with E-state index in [2.05, 4.69) is 0 Å². The molecule has 59 heavy (non-hydrogen) atoms. The zero-order valence-electron chi connectivity index (χ0n) is 31.6. The molecule has 0 aliphatic heterocycles. The molecule has 0 saturated heterocycles. The van der Waals surface area contributed by atoms with Gasteiger partial charge in [0.15, 0.2) is 23.0 Å². The molecule has 7 nitrogen and oxygen atoms in total. The zero-order chi connectivity index (χ0) is 39.4. The molecule has 8 aromatic carbocycles. The lowest BCUT2D eigenvalue weighted by molar-refractivity contribution is 0.407. The molecular weight excluding hydrogens is 733 g/mol. The Morgan fingerprint density at radius 2 is 0.593 bits per heavy atom. The highest BCUT2D eigenvalue weighted by Gasteiger charge is 2.23. The van der Waals surface area contributed by atoms with E-state index in [0.29, 0.717) is 68.5 Å². The van der Waals surface area contributed by atoms with Gasteiger partial charge in [-0.05, 0) is 95.7 Å². The minimum Gasteiger partial charge on any atom is -0.455 e. The Hall–Kier alpha value is -8.16. The molecule has 0 aliphatic rings. The van der Waals surface area contributed by atoms with Crippen LogP contribution < -0.4 is 23.7 Å². The number of rotatable bonds is 11. The SMILES string of the molecule is c1ccc(Oc2cc3c(cc2Oc2ccccc2)c2cc(Oc4ccccc4)c(-c4ccccc4)nc2c2nc(Oc4ccccc4)c(Oc4ccccc4)cc32)cc1. The molecule has 7 heteroatoms. The Kier molecular flexibility index (Phi) is 9.42. The monoisotopic (exact) mass is 766 g/mol. The van der Waals surface area contributed by atoms with Crippen molar-refractivity contribution in [3.05, 3.63) is 206 Å². The summed E-state index contributed by atoms with van der Waals surface area (Å²) in [6.45, 7) is 0. The van der Waals surface area contributed by atoms with Crippen LogP contribution in [-0.2, 0) is 0 Å². The third-order valence-corrected chi connectivity index (χ3v) is 9.72. The first kappa shape index (κ1) is 35.3. The van der Waals surface area contributed by atoms with Crippen LogP contribution in [-0.4, -0.2) is 9.97 Å². The van der Waals surface area contributed by atoms with E-state index in [9.17, 15) is 0 Å². The van der Waals surface area contributed by atoms with Crippen LogP contribution in [0.3, 0.4) is 0 Å². The van der Waals surface area contributed by atoms with Gasteiger partial charge in [0.05, 0.1) is 5.52 Å². The van der Waals surface area contributed by atoms with Crippen molar-refractivity contribution in [1.82, 2.24) is 9.97 Å². The lowest BCUT2D eigenvalue weighted by Gasteiger charge is -2.19. The topological polar surface area (TPSA) is 71.9 Å². The van der Waals surface area contributed by atoms with Crippen molar-refractivity contribution in [3.8, 4) is 68.9 Å². The van der Waals surface area contributed by atoms with Crippen molar-refractivity contribution in [2.24, 2.45) is 0 Å². The van der Waals surface area contributed by atoms with Gasteiger partial charge in [0.2, 0.25) is 0 Å². The normalized spacial score (nSPS) is 11.1.